The topological polar surface area (TPSA) is 88.1 Å². The average molecular weight is 392 g/mol. The minimum atomic E-state index is -0.752. The van der Waals surface area contributed by atoms with Crippen molar-refractivity contribution in [1.29, 1.82) is 0 Å². The van der Waals surface area contributed by atoms with Crippen molar-refractivity contribution in [3.8, 4) is 0 Å². The van der Waals surface area contributed by atoms with E-state index >= 15 is 0 Å². The normalized spacial score (nSPS) is 45.4. The molecule has 4 bridgehead atoms. The van der Waals surface area contributed by atoms with Crippen LogP contribution in [0.25, 0.3) is 0 Å². The molecule has 28 heavy (non-hydrogen) atoms. The molecular weight excluding hydrogens is 364 g/mol. The first kappa shape index (κ1) is 18.4. The highest BCUT2D eigenvalue weighted by Gasteiger charge is 2.72. The molecule has 9 atom stereocenters. The molecule has 5 aliphatic rings. The number of fused-ring (bicyclic) bond motifs is 3. The van der Waals surface area contributed by atoms with Crippen LogP contribution < -0.4 is 0 Å². The van der Waals surface area contributed by atoms with Crippen LogP contribution in [0.1, 0.15) is 52.9 Å². The second-order valence-corrected chi connectivity index (χ2v) is 9.78. The smallest absolute Gasteiger partial charge is 0.313 e. The number of esters is 3. The lowest BCUT2D eigenvalue weighted by Crippen LogP contribution is -2.49. The van der Waals surface area contributed by atoms with E-state index in [1.54, 1.807) is 0 Å². The molecule has 3 aliphatic heterocycles. The van der Waals surface area contributed by atoms with E-state index in [1.165, 1.54) is 6.42 Å². The minimum absolute atomic E-state index is 0.0568. The Bertz CT molecular complexity index is 716. The Hall–Kier alpha value is -1.63. The van der Waals surface area contributed by atoms with E-state index in [0.717, 1.165) is 19.3 Å². The van der Waals surface area contributed by atoms with Gasteiger partial charge >= 0.3 is 17.9 Å². The third-order valence-corrected chi connectivity index (χ3v) is 7.80. The van der Waals surface area contributed by atoms with Crippen LogP contribution in [0, 0.1) is 29.1 Å². The molecule has 154 valence electrons. The second-order valence-electron chi connectivity index (χ2n) is 9.78. The molecule has 2 saturated carbocycles. The molecule has 9 unspecified atom stereocenters. The summed E-state index contributed by atoms with van der Waals surface area (Å²) in [6, 6.07) is 0. The Morgan fingerprint density at radius 1 is 1.11 bits per heavy atom. The van der Waals surface area contributed by atoms with Gasteiger partial charge in [0.15, 0.2) is 12.2 Å². The van der Waals surface area contributed by atoms with Crippen molar-refractivity contribution in [2.24, 2.45) is 29.1 Å². The van der Waals surface area contributed by atoms with Crippen LogP contribution in [-0.2, 0) is 33.3 Å². The van der Waals surface area contributed by atoms with Crippen molar-refractivity contribution < 1.29 is 33.3 Å². The van der Waals surface area contributed by atoms with E-state index in [2.05, 4.69) is 0 Å². The van der Waals surface area contributed by atoms with E-state index < -0.39 is 53.6 Å². The maximum Gasteiger partial charge on any atom is 0.313 e. The maximum atomic E-state index is 13.0. The standard InChI is InChI=1S/C21H28O7/c1-4-21(2,3)20(24)28-17-15-12(13-14(26-15)16(17)27-19(13)23)18(22)25-11-8-9-5-6-10(11)7-9/h9-17H,4-8H2,1-3H3. The van der Waals surface area contributed by atoms with Gasteiger partial charge in [0, 0.05) is 0 Å². The Kier molecular flexibility index (Phi) is 4.06. The molecule has 5 rings (SSSR count). The summed E-state index contributed by atoms with van der Waals surface area (Å²) in [5, 5.41) is 0. The average Bonchev–Trinajstić information content (AvgIpc) is 3.43. The van der Waals surface area contributed by atoms with Gasteiger partial charge in [-0.15, -0.1) is 0 Å². The van der Waals surface area contributed by atoms with Crippen molar-refractivity contribution in [3.63, 3.8) is 0 Å². The van der Waals surface area contributed by atoms with Crippen LogP contribution in [0.4, 0.5) is 0 Å². The third kappa shape index (κ3) is 2.54. The lowest BCUT2D eigenvalue weighted by atomic mass is 9.78. The van der Waals surface area contributed by atoms with Crippen LogP contribution in [0.5, 0.6) is 0 Å². The monoisotopic (exact) mass is 392 g/mol. The lowest BCUT2D eigenvalue weighted by Gasteiger charge is -2.31. The molecule has 7 nitrogen and oxygen atoms in total. The SMILES string of the molecule is CCC(C)(C)C(=O)OC1C2OC(=O)C3C2OC1C3C(=O)OC1CC2CCC1C2. The Labute approximate surface area is 164 Å². The highest BCUT2D eigenvalue weighted by Crippen LogP contribution is 2.53. The van der Waals surface area contributed by atoms with E-state index in [-0.39, 0.29) is 12.1 Å². The molecule has 0 amide bonds. The molecule has 3 saturated heterocycles. The lowest BCUT2D eigenvalue weighted by molar-refractivity contribution is -0.173. The van der Waals surface area contributed by atoms with Gasteiger partial charge in [-0.2, -0.15) is 0 Å². The predicted octanol–water partition coefficient (Wildman–Crippen LogP) is 2.00. The van der Waals surface area contributed by atoms with Gasteiger partial charge in [-0.05, 0) is 57.8 Å². The van der Waals surface area contributed by atoms with Gasteiger partial charge in [0.2, 0.25) is 0 Å². The minimum Gasteiger partial charge on any atom is -0.462 e. The van der Waals surface area contributed by atoms with Crippen LogP contribution in [0.3, 0.4) is 0 Å². The molecular formula is C21H28O7. The van der Waals surface area contributed by atoms with Gasteiger partial charge in [0.25, 0.3) is 0 Å². The summed E-state index contributed by atoms with van der Waals surface area (Å²) in [7, 11) is 0. The van der Waals surface area contributed by atoms with Crippen LogP contribution in [-0.4, -0.2) is 48.4 Å². The summed E-state index contributed by atoms with van der Waals surface area (Å²) >= 11 is 0. The van der Waals surface area contributed by atoms with E-state index in [9.17, 15) is 14.4 Å². The van der Waals surface area contributed by atoms with Crippen LogP contribution >= 0.6 is 0 Å². The Morgan fingerprint density at radius 3 is 2.54 bits per heavy atom. The molecule has 5 fully saturated rings. The van der Waals surface area contributed by atoms with Crippen molar-refractivity contribution >= 4 is 17.9 Å². The largest absolute Gasteiger partial charge is 0.462 e. The van der Waals surface area contributed by atoms with Crippen molar-refractivity contribution in [1.82, 2.24) is 0 Å². The molecule has 0 spiro atoms. The van der Waals surface area contributed by atoms with Crippen LogP contribution in [0.2, 0.25) is 0 Å². The van der Waals surface area contributed by atoms with Crippen molar-refractivity contribution in [2.45, 2.75) is 83.4 Å². The molecule has 0 aromatic rings. The summed E-state index contributed by atoms with van der Waals surface area (Å²) in [5.41, 5.74) is -0.650. The molecule has 0 N–H and O–H groups in total. The zero-order valence-corrected chi connectivity index (χ0v) is 16.6. The molecule has 3 heterocycles. The zero-order valence-electron chi connectivity index (χ0n) is 16.6. The summed E-state index contributed by atoms with van der Waals surface area (Å²) in [5.74, 6) is -1.51. The number of ether oxygens (including phenoxy) is 4. The highest BCUT2D eigenvalue weighted by atomic mass is 16.7. The van der Waals surface area contributed by atoms with Gasteiger partial charge in [-0.3, -0.25) is 14.4 Å². The number of rotatable bonds is 5. The summed E-state index contributed by atoms with van der Waals surface area (Å²) in [4.78, 5) is 38.0. The van der Waals surface area contributed by atoms with Gasteiger partial charge in [0.05, 0.1) is 5.41 Å². The van der Waals surface area contributed by atoms with E-state index in [4.69, 9.17) is 18.9 Å². The fourth-order valence-electron chi connectivity index (χ4n) is 5.73. The Balaban J connectivity index is 1.33. The fraction of sp³-hybridized carbons (Fsp3) is 0.857. The fourth-order valence-corrected chi connectivity index (χ4v) is 5.73. The molecule has 2 aliphatic carbocycles. The van der Waals surface area contributed by atoms with Crippen molar-refractivity contribution in [3.05, 3.63) is 0 Å². The molecule has 0 aromatic heterocycles. The summed E-state index contributed by atoms with van der Waals surface area (Å²) in [6.07, 6.45) is 2.37. The van der Waals surface area contributed by atoms with Gasteiger partial charge in [-0.25, -0.2) is 0 Å². The Morgan fingerprint density at radius 2 is 1.89 bits per heavy atom. The highest BCUT2D eigenvalue weighted by molar-refractivity contribution is 5.87. The number of carbonyl (C=O) groups excluding carboxylic acids is 3. The summed E-state index contributed by atoms with van der Waals surface area (Å²) in [6.45, 7) is 5.54. The van der Waals surface area contributed by atoms with E-state index in [1.807, 2.05) is 20.8 Å². The first-order chi connectivity index (χ1) is 13.3. The van der Waals surface area contributed by atoms with Gasteiger partial charge in [0.1, 0.15) is 30.1 Å². The number of hydrogen-bond donors (Lipinski definition) is 0. The van der Waals surface area contributed by atoms with Crippen LogP contribution in [0.15, 0.2) is 0 Å². The second kappa shape index (κ2) is 6.18. The zero-order chi connectivity index (χ0) is 19.8. The first-order valence-corrected chi connectivity index (χ1v) is 10.6. The molecule has 7 heteroatoms. The van der Waals surface area contributed by atoms with E-state index in [0.29, 0.717) is 18.3 Å². The molecule has 0 radical (unpaired) electrons. The van der Waals surface area contributed by atoms with Gasteiger partial charge in [-0.1, -0.05) is 6.92 Å². The number of carbonyl (C=O) groups is 3. The predicted molar refractivity (Wildman–Crippen MR) is 94.8 cm³/mol. The maximum absolute atomic E-state index is 13.0. The number of hydrogen-bond acceptors (Lipinski definition) is 7. The summed E-state index contributed by atoms with van der Waals surface area (Å²) < 4.78 is 23.0. The first-order valence-electron chi connectivity index (χ1n) is 10.6. The quantitative estimate of drug-likeness (QED) is 0.522. The third-order valence-electron chi connectivity index (χ3n) is 7.80. The van der Waals surface area contributed by atoms with Gasteiger partial charge < -0.3 is 18.9 Å². The molecule has 0 aromatic carbocycles. The van der Waals surface area contributed by atoms with Crippen molar-refractivity contribution in [2.75, 3.05) is 0 Å².